The summed E-state index contributed by atoms with van der Waals surface area (Å²) >= 11 is 7.00. The average molecular weight is 347 g/mol. The first-order valence-electron chi connectivity index (χ1n) is 5.52. The van der Waals surface area contributed by atoms with Gasteiger partial charge in [-0.3, -0.25) is 0 Å². The Hall–Kier alpha value is 0.150. The zero-order valence-corrected chi connectivity index (χ0v) is 14.6. The topological polar surface area (TPSA) is 63.4 Å². The van der Waals surface area contributed by atoms with Crippen molar-refractivity contribution in [3.05, 3.63) is 16.0 Å². The van der Waals surface area contributed by atoms with Gasteiger partial charge < -0.3 is 5.73 Å². The SMILES string of the molecule is Cc1cc(S(=O)(=O)N(C)CC(C)(C)CN)sc1Cl.Cl. The van der Waals surface area contributed by atoms with Gasteiger partial charge in [-0.05, 0) is 30.5 Å². The van der Waals surface area contributed by atoms with Crippen molar-refractivity contribution in [1.29, 1.82) is 0 Å². The van der Waals surface area contributed by atoms with Crippen LogP contribution in [0, 0.1) is 12.3 Å². The van der Waals surface area contributed by atoms with Crippen LogP contribution in [0.15, 0.2) is 10.3 Å². The van der Waals surface area contributed by atoms with Crippen molar-refractivity contribution in [2.24, 2.45) is 11.1 Å². The molecule has 112 valence electrons. The van der Waals surface area contributed by atoms with Crippen molar-refractivity contribution in [1.82, 2.24) is 4.31 Å². The van der Waals surface area contributed by atoms with Gasteiger partial charge in [0.25, 0.3) is 10.0 Å². The van der Waals surface area contributed by atoms with Gasteiger partial charge in [-0.15, -0.1) is 23.7 Å². The van der Waals surface area contributed by atoms with Crippen molar-refractivity contribution in [2.75, 3.05) is 20.1 Å². The molecule has 0 saturated carbocycles. The first-order chi connectivity index (χ1) is 8.10. The zero-order chi connectivity index (χ0) is 14.1. The van der Waals surface area contributed by atoms with Crippen LogP contribution in [0.4, 0.5) is 0 Å². The molecule has 0 aromatic carbocycles. The van der Waals surface area contributed by atoms with E-state index in [1.165, 1.54) is 4.31 Å². The van der Waals surface area contributed by atoms with Crippen LogP contribution in [-0.2, 0) is 10.0 Å². The van der Waals surface area contributed by atoms with E-state index in [9.17, 15) is 8.42 Å². The Bertz CT molecular complexity index is 507. The lowest BCUT2D eigenvalue weighted by molar-refractivity contribution is 0.292. The molecule has 0 radical (unpaired) electrons. The van der Waals surface area contributed by atoms with E-state index in [2.05, 4.69) is 0 Å². The summed E-state index contributed by atoms with van der Waals surface area (Å²) in [5, 5.41) is 0. The summed E-state index contributed by atoms with van der Waals surface area (Å²) in [4.78, 5) is 0. The molecule has 0 aliphatic heterocycles. The summed E-state index contributed by atoms with van der Waals surface area (Å²) in [6.07, 6.45) is 0. The smallest absolute Gasteiger partial charge is 0.252 e. The summed E-state index contributed by atoms with van der Waals surface area (Å²) in [6.45, 7) is 6.47. The minimum atomic E-state index is -3.47. The lowest BCUT2D eigenvalue weighted by Gasteiger charge is -2.28. The lowest BCUT2D eigenvalue weighted by atomic mass is 9.94. The molecule has 2 N–H and O–H groups in total. The van der Waals surface area contributed by atoms with Gasteiger partial charge in [0.15, 0.2) is 0 Å². The number of rotatable bonds is 5. The summed E-state index contributed by atoms with van der Waals surface area (Å²) in [5.41, 5.74) is 6.16. The van der Waals surface area contributed by atoms with Gasteiger partial charge >= 0.3 is 0 Å². The van der Waals surface area contributed by atoms with E-state index in [0.717, 1.165) is 16.9 Å². The first kappa shape index (κ1) is 19.1. The second kappa shape index (κ2) is 6.74. The van der Waals surface area contributed by atoms with Crippen molar-refractivity contribution >= 4 is 45.4 Å². The summed E-state index contributed by atoms with van der Waals surface area (Å²) in [5.74, 6) is 0. The lowest BCUT2D eigenvalue weighted by Crippen LogP contribution is -2.39. The molecule has 0 atom stereocenters. The number of nitrogens with two attached hydrogens (primary N) is 1. The van der Waals surface area contributed by atoms with E-state index in [1.807, 2.05) is 13.8 Å². The molecule has 0 aliphatic carbocycles. The number of hydrogen-bond donors (Lipinski definition) is 1. The molecule has 8 heteroatoms. The highest BCUT2D eigenvalue weighted by Crippen LogP contribution is 2.32. The molecule has 1 rings (SSSR count). The molecular formula is C11H20Cl2N2O2S2. The number of thiophene rings is 1. The highest BCUT2D eigenvalue weighted by molar-refractivity contribution is 7.91. The van der Waals surface area contributed by atoms with E-state index in [-0.39, 0.29) is 22.0 Å². The van der Waals surface area contributed by atoms with Crippen LogP contribution in [0.1, 0.15) is 19.4 Å². The molecule has 0 spiro atoms. The predicted octanol–water partition coefficient (Wildman–Crippen LogP) is 2.74. The normalized spacial score (nSPS) is 12.6. The summed E-state index contributed by atoms with van der Waals surface area (Å²) in [6, 6.07) is 1.61. The highest BCUT2D eigenvalue weighted by atomic mass is 35.5. The van der Waals surface area contributed by atoms with Gasteiger partial charge in [0, 0.05) is 13.6 Å². The molecule has 0 aliphatic rings. The average Bonchev–Trinajstić information content (AvgIpc) is 2.59. The Balaban J connectivity index is 0.00000324. The second-order valence-electron chi connectivity index (χ2n) is 5.15. The number of hydrogen-bond acceptors (Lipinski definition) is 4. The van der Waals surface area contributed by atoms with E-state index in [1.54, 1.807) is 20.0 Å². The Kier molecular flexibility index (Phi) is 6.79. The van der Waals surface area contributed by atoms with Crippen molar-refractivity contribution < 1.29 is 8.42 Å². The van der Waals surface area contributed by atoms with Gasteiger partial charge in [-0.1, -0.05) is 25.4 Å². The van der Waals surface area contributed by atoms with Gasteiger partial charge in [0.2, 0.25) is 0 Å². The molecule has 4 nitrogen and oxygen atoms in total. The van der Waals surface area contributed by atoms with Crippen molar-refractivity contribution in [3.63, 3.8) is 0 Å². The highest BCUT2D eigenvalue weighted by Gasteiger charge is 2.28. The monoisotopic (exact) mass is 346 g/mol. The summed E-state index contributed by atoms with van der Waals surface area (Å²) < 4.78 is 26.8. The molecule has 1 aromatic heterocycles. The molecule has 0 bridgehead atoms. The number of halogens is 2. The molecule has 0 fully saturated rings. The Morgan fingerprint density at radius 2 is 2.00 bits per heavy atom. The van der Waals surface area contributed by atoms with Gasteiger partial charge in [0.1, 0.15) is 4.21 Å². The molecule has 0 saturated heterocycles. The fraction of sp³-hybridized carbons (Fsp3) is 0.636. The van der Waals surface area contributed by atoms with Crippen molar-refractivity contribution in [3.8, 4) is 0 Å². The number of aryl methyl sites for hydroxylation is 1. The van der Waals surface area contributed by atoms with Gasteiger partial charge in [-0.25, -0.2) is 8.42 Å². The fourth-order valence-electron chi connectivity index (χ4n) is 1.46. The van der Waals surface area contributed by atoms with Crippen LogP contribution < -0.4 is 5.73 Å². The van der Waals surface area contributed by atoms with Crippen LogP contribution in [-0.4, -0.2) is 32.9 Å². The van der Waals surface area contributed by atoms with E-state index in [0.29, 0.717) is 17.4 Å². The van der Waals surface area contributed by atoms with Crippen LogP contribution in [0.2, 0.25) is 4.34 Å². The molecule has 0 amide bonds. The maximum Gasteiger partial charge on any atom is 0.252 e. The minimum Gasteiger partial charge on any atom is -0.330 e. The van der Waals surface area contributed by atoms with Crippen LogP contribution in [0.3, 0.4) is 0 Å². The van der Waals surface area contributed by atoms with Crippen LogP contribution in [0.25, 0.3) is 0 Å². The molecule has 1 aromatic rings. The number of sulfonamides is 1. The number of nitrogens with zero attached hydrogens (tertiary/aromatic N) is 1. The minimum absolute atomic E-state index is 0. The molecular weight excluding hydrogens is 327 g/mol. The standard InChI is InChI=1S/C11H19ClN2O2S2.ClH/c1-8-5-9(17-10(8)12)18(15,16)14(4)7-11(2,3)6-13;/h5H,6-7,13H2,1-4H3;1H. The second-order valence-corrected chi connectivity index (χ2v) is 9.08. The van der Waals surface area contributed by atoms with Crippen LogP contribution in [0.5, 0.6) is 0 Å². The molecule has 0 unspecified atom stereocenters. The molecule has 19 heavy (non-hydrogen) atoms. The fourth-order valence-corrected chi connectivity index (χ4v) is 4.74. The molecule has 1 heterocycles. The third kappa shape index (κ3) is 4.58. The maximum absolute atomic E-state index is 12.3. The van der Waals surface area contributed by atoms with E-state index in [4.69, 9.17) is 17.3 Å². The zero-order valence-electron chi connectivity index (χ0n) is 11.4. The Morgan fingerprint density at radius 3 is 2.37 bits per heavy atom. The Morgan fingerprint density at radius 1 is 1.47 bits per heavy atom. The largest absolute Gasteiger partial charge is 0.330 e. The summed E-state index contributed by atoms with van der Waals surface area (Å²) in [7, 11) is -1.91. The maximum atomic E-state index is 12.3. The quantitative estimate of drug-likeness (QED) is 0.891. The predicted molar refractivity (Wildman–Crippen MR) is 84.0 cm³/mol. The van der Waals surface area contributed by atoms with E-state index < -0.39 is 10.0 Å². The van der Waals surface area contributed by atoms with Crippen molar-refractivity contribution in [2.45, 2.75) is 25.0 Å². The van der Waals surface area contributed by atoms with Crippen LogP contribution >= 0.6 is 35.3 Å². The van der Waals surface area contributed by atoms with Gasteiger partial charge in [0.05, 0.1) is 4.34 Å². The van der Waals surface area contributed by atoms with E-state index >= 15 is 0 Å². The third-order valence-corrected chi connectivity index (χ3v) is 6.51. The Labute approximate surface area is 130 Å². The third-order valence-electron chi connectivity index (χ3n) is 2.70. The van der Waals surface area contributed by atoms with Gasteiger partial charge in [-0.2, -0.15) is 4.31 Å². The first-order valence-corrected chi connectivity index (χ1v) is 8.16.